The Balaban J connectivity index is 2.04. The van der Waals surface area contributed by atoms with Crippen molar-refractivity contribution in [3.63, 3.8) is 0 Å². The molecule has 2 rings (SSSR count). The number of nitrogens with one attached hydrogen (secondary N) is 4. The van der Waals surface area contributed by atoms with Crippen LogP contribution in [0.15, 0.2) is 54.6 Å². The normalized spacial score (nSPS) is 12.3. The molecule has 3 amide bonds. The van der Waals surface area contributed by atoms with Crippen molar-refractivity contribution < 1.29 is 14.4 Å². The van der Waals surface area contributed by atoms with Gasteiger partial charge in [-0.05, 0) is 62.7 Å². The highest BCUT2D eigenvalue weighted by atomic mass is 16.2. The van der Waals surface area contributed by atoms with E-state index in [-0.39, 0.29) is 30.6 Å². The third-order valence-electron chi connectivity index (χ3n) is 6.12. The van der Waals surface area contributed by atoms with E-state index in [1.807, 2.05) is 30.3 Å². The fourth-order valence-electron chi connectivity index (χ4n) is 3.94. The molecule has 0 unspecified atom stereocenters. The van der Waals surface area contributed by atoms with E-state index < -0.39 is 18.0 Å². The second kappa shape index (κ2) is 16.9. The minimum absolute atomic E-state index is 0.0276. The summed E-state index contributed by atoms with van der Waals surface area (Å²) in [6.45, 7) is 1.24. The molecule has 2 atom stereocenters. The van der Waals surface area contributed by atoms with Crippen molar-refractivity contribution in [3.8, 4) is 0 Å². The smallest absolute Gasteiger partial charge is 0.243 e. The first kappa shape index (κ1) is 30.5. The molecular weight excluding hydrogens is 482 g/mol. The number of hydrogen-bond acceptors (Lipinski definition) is 6. The van der Waals surface area contributed by atoms with Gasteiger partial charge in [-0.25, -0.2) is 0 Å². The molecule has 2 aromatic carbocycles. The van der Waals surface area contributed by atoms with Gasteiger partial charge in [0.05, 0.1) is 6.42 Å². The lowest BCUT2D eigenvalue weighted by atomic mass is 10.0. The SMILES string of the molecule is N=C(N)c1ccc(CNC(=O)[C@H](CCCCN)NC(=O)[C@H](CCCCN)NC(=O)Cc2ccccc2)cc1. The van der Waals surface area contributed by atoms with Gasteiger partial charge in [0.2, 0.25) is 17.7 Å². The van der Waals surface area contributed by atoms with Gasteiger partial charge in [0, 0.05) is 12.1 Å². The van der Waals surface area contributed by atoms with E-state index in [0.717, 1.165) is 24.0 Å². The molecule has 0 aliphatic heterocycles. The molecular formula is C28H41N7O3. The molecule has 0 bridgehead atoms. The molecule has 0 saturated heterocycles. The van der Waals surface area contributed by atoms with Crippen LogP contribution in [-0.4, -0.2) is 48.7 Å². The number of nitrogen functional groups attached to an aromatic ring is 1. The van der Waals surface area contributed by atoms with Crippen LogP contribution < -0.4 is 33.2 Å². The number of hydrogen-bond donors (Lipinski definition) is 7. The van der Waals surface area contributed by atoms with Crippen LogP contribution in [-0.2, 0) is 27.3 Å². The van der Waals surface area contributed by atoms with Crippen molar-refractivity contribution in [3.05, 3.63) is 71.3 Å². The highest BCUT2D eigenvalue weighted by Gasteiger charge is 2.26. The maximum Gasteiger partial charge on any atom is 0.243 e. The van der Waals surface area contributed by atoms with Gasteiger partial charge in [0.15, 0.2) is 0 Å². The van der Waals surface area contributed by atoms with Gasteiger partial charge in [-0.2, -0.15) is 0 Å². The van der Waals surface area contributed by atoms with Gasteiger partial charge < -0.3 is 33.2 Å². The molecule has 0 aromatic heterocycles. The van der Waals surface area contributed by atoms with Crippen LogP contribution in [0.3, 0.4) is 0 Å². The quantitative estimate of drug-likeness (QED) is 0.0921. The first-order chi connectivity index (χ1) is 18.3. The predicted molar refractivity (Wildman–Crippen MR) is 149 cm³/mol. The molecule has 10 nitrogen and oxygen atoms in total. The van der Waals surface area contributed by atoms with E-state index in [1.54, 1.807) is 24.3 Å². The van der Waals surface area contributed by atoms with E-state index in [1.165, 1.54) is 0 Å². The molecule has 10 heteroatoms. The van der Waals surface area contributed by atoms with E-state index in [9.17, 15) is 14.4 Å². The van der Waals surface area contributed by atoms with Crippen LogP contribution >= 0.6 is 0 Å². The average Bonchev–Trinajstić information content (AvgIpc) is 2.91. The Labute approximate surface area is 224 Å². The third-order valence-corrected chi connectivity index (χ3v) is 6.12. The standard InChI is InChI=1S/C28H41N7O3/c29-16-6-4-10-23(27(37)33-19-21-12-14-22(15-13-21)26(31)32)35-28(38)24(11-5-7-17-30)34-25(36)18-20-8-2-1-3-9-20/h1-3,8-9,12-15,23-24H,4-7,10-11,16-19,29-30H2,(H3,31,32)(H,33,37)(H,34,36)(H,35,38)/t23-,24-/m0/s1. The number of amides is 3. The highest BCUT2D eigenvalue weighted by Crippen LogP contribution is 2.08. The first-order valence-electron chi connectivity index (χ1n) is 13.1. The molecule has 206 valence electrons. The zero-order chi connectivity index (χ0) is 27.8. The number of carbonyl (C=O) groups excluding carboxylic acids is 3. The zero-order valence-electron chi connectivity index (χ0n) is 21.9. The summed E-state index contributed by atoms with van der Waals surface area (Å²) in [6, 6.07) is 14.8. The Morgan fingerprint density at radius 3 is 1.87 bits per heavy atom. The molecule has 0 aliphatic rings. The number of benzene rings is 2. The summed E-state index contributed by atoms with van der Waals surface area (Å²) in [6.07, 6.45) is 3.78. The maximum absolute atomic E-state index is 13.3. The minimum Gasteiger partial charge on any atom is -0.384 e. The van der Waals surface area contributed by atoms with Crippen molar-refractivity contribution in [2.75, 3.05) is 13.1 Å². The molecule has 0 fully saturated rings. The number of unbranched alkanes of at least 4 members (excludes halogenated alkanes) is 2. The summed E-state index contributed by atoms with van der Waals surface area (Å²) in [7, 11) is 0. The monoisotopic (exact) mass is 523 g/mol. The van der Waals surface area contributed by atoms with Crippen LogP contribution in [0.1, 0.15) is 55.2 Å². The number of rotatable bonds is 17. The van der Waals surface area contributed by atoms with Crippen LogP contribution in [0.5, 0.6) is 0 Å². The second-order valence-electron chi connectivity index (χ2n) is 9.24. The summed E-state index contributed by atoms with van der Waals surface area (Å²) in [5.41, 5.74) is 19.0. The van der Waals surface area contributed by atoms with Crippen molar-refractivity contribution in [2.24, 2.45) is 17.2 Å². The van der Waals surface area contributed by atoms with Crippen molar-refractivity contribution in [2.45, 2.75) is 63.6 Å². The second-order valence-corrected chi connectivity index (χ2v) is 9.24. The van der Waals surface area contributed by atoms with Gasteiger partial charge >= 0.3 is 0 Å². The van der Waals surface area contributed by atoms with Crippen LogP contribution in [0, 0.1) is 5.41 Å². The van der Waals surface area contributed by atoms with Gasteiger partial charge in [-0.3, -0.25) is 19.8 Å². The van der Waals surface area contributed by atoms with Crippen LogP contribution in [0.2, 0.25) is 0 Å². The Kier molecular flexibility index (Phi) is 13.5. The lowest BCUT2D eigenvalue weighted by Gasteiger charge is -2.23. The topological polar surface area (TPSA) is 189 Å². The molecule has 0 saturated carbocycles. The minimum atomic E-state index is -0.776. The van der Waals surface area contributed by atoms with E-state index in [4.69, 9.17) is 22.6 Å². The van der Waals surface area contributed by atoms with Gasteiger partial charge in [-0.15, -0.1) is 0 Å². The molecule has 0 spiro atoms. The van der Waals surface area contributed by atoms with Gasteiger partial charge in [-0.1, -0.05) is 54.6 Å². The van der Waals surface area contributed by atoms with Gasteiger partial charge in [0.25, 0.3) is 0 Å². The Morgan fingerprint density at radius 1 is 0.737 bits per heavy atom. The molecule has 38 heavy (non-hydrogen) atoms. The predicted octanol–water partition coefficient (Wildman–Crippen LogP) is 1.06. The van der Waals surface area contributed by atoms with Gasteiger partial charge in [0.1, 0.15) is 17.9 Å². The maximum atomic E-state index is 13.3. The summed E-state index contributed by atoms with van der Waals surface area (Å²) >= 11 is 0. The lowest BCUT2D eigenvalue weighted by molar-refractivity contribution is -0.132. The number of carbonyl (C=O) groups is 3. The molecule has 10 N–H and O–H groups in total. The van der Waals surface area contributed by atoms with Crippen LogP contribution in [0.4, 0.5) is 0 Å². The Morgan fingerprint density at radius 2 is 1.32 bits per heavy atom. The molecule has 0 radical (unpaired) electrons. The van der Waals surface area contributed by atoms with Crippen molar-refractivity contribution >= 4 is 23.6 Å². The Hall–Kier alpha value is -3.76. The highest BCUT2D eigenvalue weighted by molar-refractivity contribution is 5.95. The molecule has 0 aliphatic carbocycles. The van der Waals surface area contributed by atoms with E-state index in [0.29, 0.717) is 44.3 Å². The zero-order valence-corrected chi connectivity index (χ0v) is 21.9. The Bertz CT molecular complexity index is 1030. The van der Waals surface area contributed by atoms with E-state index >= 15 is 0 Å². The summed E-state index contributed by atoms with van der Waals surface area (Å²) in [5, 5.41) is 16.0. The summed E-state index contributed by atoms with van der Waals surface area (Å²) in [5.74, 6) is -1.01. The van der Waals surface area contributed by atoms with Crippen molar-refractivity contribution in [1.82, 2.24) is 16.0 Å². The molecule has 2 aromatic rings. The summed E-state index contributed by atoms with van der Waals surface area (Å²) in [4.78, 5) is 39.0. The number of nitrogens with two attached hydrogens (primary N) is 3. The first-order valence-corrected chi connectivity index (χ1v) is 13.1. The van der Waals surface area contributed by atoms with Crippen LogP contribution in [0.25, 0.3) is 0 Å². The lowest BCUT2D eigenvalue weighted by Crippen LogP contribution is -2.53. The van der Waals surface area contributed by atoms with E-state index in [2.05, 4.69) is 16.0 Å². The number of amidine groups is 1. The third kappa shape index (κ3) is 11.1. The largest absolute Gasteiger partial charge is 0.384 e. The average molecular weight is 524 g/mol. The van der Waals surface area contributed by atoms with Crippen molar-refractivity contribution in [1.29, 1.82) is 5.41 Å². The molecule has 0 heterocycles. The summed E-state index contributed by atoms with van der Waals surface area (Å²) < 4.78 is 0. The fraction of sp³-hybridized carbons (Fsp3) is 0.429. The fourth-order valence-corrected chi connectivity index (χ4v) is 3.94.